The van der Waals surface area contributed by atoms with Gasteiger partial charge in [0.25, 0.3) is 5.91 Å². The molecule has 8 heteroatoms. The highest BCUT2D eigenvalue weighted by atomic mass is 32.2. The Balaban J connectivity index is 2.01. The summed E-state index contributed by atoms with van der Waals surface area (Å²) in [5.41, 5.74) is 1.11. The Hall–Kier alpha value is -2.29. The zero-order valence-corrected chi connectivity index (χ0v) is 16.0. The molecule has 0 unspecified atom stereocenters. The number of amides is 1. The first-order valence-electron chi connectivity index (χ1n) is 7.86. The summed E-state index contributed by atoms with van der Waals surface area (Å²) in [6.07, 6.45) is 1.12. The maximum atomic E-state index is 13.0. The SMILES string of the molecule is COCCN(C(=O)c1cccc(S(C)(=O)=O)c1)c1nc2ccccc2s1. The Morgan fingerprint density at radius 1 is 1.19 bits per heavy atom. The number of para-hydroxylation sites is 1. The van der Waals surface area contributed by atoms with Gasteiger partial charge in [-0.05, 0) is 30.3 Å². The first-order valence-corrected chi connectivity index (χ1v) is 10.6. The third kappa shape index (κ3) is 3.92. The van der Waals surface area contributed by atoms with Gasteiger partial charge in [-0.25, -0.2) is 13.4 Å². The molecule has 1 heterocycles. The van der Waals surface area contributed by atoms with E-state index < -0.39 is 9.84 Å². The van der Waals surface area contributed by atoms with E-state index in [-0.39, 0.29) is 10.8 Å². The Labute approximate surface area is 156 Å². The van der Waals surface area contributed by atoms with Crippen LogP contribution in [0.3, 0.4) is 0 Å². The van der Waals surface area contributed by atoms with Gasteiger partial charge in [0.15, 0.2) is 15.0 Å². The Kier molecular flexibility index (Phi) is 5.36. The van der Waals surface area contributed by atoms with E-state index in [0.29, 0.717) is 23.8 Å². The second kappa shape index (κ2) is 7.53. The van der Waals surface area contributed by atoms with E-state index in [0.717, 1.165) is 16.5 Å². The van der Waals surface area contributed by atoms with Crippen LogP contribution in [0.5, 0.6) is 0 Å². The van der Waals surface area contributed by atoms with Crippen LogP contribution in [-0.2, 0) is 14.6 Å². The second-order valence-corrected chi connectivity index (χ2v) is 8.74. The fourth-order valence-electron chi connectivity index (χ4n) is 2.46. The summed E-state index contributed by atoms with van der Waals surface area (Å²) in [6.45, 7) is 0.658. The number of fused-ring (bicyclic) bond motifs is 1. The number of rotatable bonds is 6. The molecule has 0 N–H and O–H groups in total. The van der Waals surface area contributed by atoms with Gasteiger partial charge in [-0.15, -0.1) is 0 Å². The minimum Gasteiger partial charge on any atom is -0.383 e. The molecule has 0 bridgehead atoms. The number of carbonyl (C=O) groups is 1. The number of thiazole rings is 1. The van der Waals surface area contributed by atoms with Crippen LogP contribution in [0.4, 0.5) is 5.13 Å². The monoisotopic (exact) mass is 390 g/mol. The van der Waals surface area contributed by atoms with E-state index in [4.69, 9.17) is 4.74 Å². The van der Waals surface area contributed by atoms with E-state index in [1.807, 2.05) is 24.3 Å². The molecule has 136 valence electrons. The minimum atomic E-state index is -3.40. The molecule has 0 saturated heterocycles. The van der Waals surface area contributed by atoms with Crippen molar-refractivity contribution in [3.05, 3.63) is 54.1 Å². The molecule has 0 spiro atoms. The topological polar surface area (TPSA) is 76.6 Å². The molecule has 3 rings (SSSR count). The third-order valence-corrected chi connectivity index (χ3v) is 5.96. The van der Waals surface area contributed by atoms with Gasteiger partial charge >= 0.3 is 0 Å². The molecule has 0 aliphatic rings. The van der Waals surface area contributed by atoms with Crippen LogP contribution in [0.15, 0.2) is 53.4 Å². The fraction of sp³-hybridized carbons (Fsp3) is 0.222. The van der Waals surface area contributed by atoms with Crippen molar-refractivity contribution in [3.8, 4) is 0 Å². The number of benzene rings is 2. The van der Waals surface area contributed by atoms with Crippen LogP contribution in [0.25, 0.3) is 10.2 Å². The molecular weight excluding hydrogens is 372 g/mol. The van der Waals surface area contributed by atoms with Crippen molar-refractivity contribution >= 4 is 42.4 Å². The van der Waals surface area contributed by atoms with Gasteiger partial charge in [0, 0.05) is 18.9 Å². The standard InChI is InChI=1S/C18H18N2O4S2/c1-24-11-10-20(18-19-15-8-3-4-9-16(15)25-18)17(21)13-6-5-7-14(12-13)26(2,22)23/h3-9,12H,10-11H2,1-2H3. The third-order valence-electron chi connectivity index (χ3n) is 3.79. The van der Waals surface area contributed by atoms with Gasteiger partial charge in [0.2, 0.25) is 0 Å². The van der Waals surface area contributed by atoms with Gasteiger partial charge in [-0.3, -0.25) is 9.69 Å². The lowest BCUT2D eigenvalue weighted by molar-refractivity contribution is 0.0975. The number of ether oxygens (including phenoxy) is 1. The van der Waals surface area contributed by atoms with E-state index in [9.17, 15) is 13.2 Å². The fourth-order valence-corrected chi connectivity index (χ4v) is 4.11. The predicted octanol–water partition coefficient (Wildman–Crippen LogP) is 2.99. The number of carbonyl (C=O) groups excluding carboxylic acids is 1. The summed E-state index contributed by atoms with van der Waals surface area (Å²) in [4.78, 5) is 19.2. The molecule has 6 nitrogen and oxygen atoms in total. The maximum absolute atomic E-state index is 13.0. The highest BCUT2D eigenvalue weighted by molar-refractivity contribution is 7.90. The van der Waals surface area contributed by atoms with Crippen molar-refractivity contribution in [3.63, 3.8) is 0 Å². The molecular formula is C18H18N2O4S2. The Morgan fingerprint density at radius 3 is 2.65 bits per heavy atom. The Morgan fingerprint density at radius 2 is 1.96 bits per heavy atom. The van der Waals surface area contributed by atoms with E-state index in [1.54, 1.807) is 19.2 Å². The van der Waals surface area contributed by atoms with Gasteiger partial charge in [-0.2, -0.15) is 0 Å². The molecule has 0 aliphatic heterocycles. The smallest absolute Gasteiger partial charge is 0.260 e. The van der Waals surface area contributed by atoms with Crippen LogP contribution in [-0.4, -0.2) is 45.8 Å². The van der Waals surface area contributed by atoms with E-state index in [2.05, 4.69) is 4.98 Å². The average molecular weight is 390 g/mol. The normalized spacial score (nSPS) is 11.6. The first kappa shape index (κ1) is 18.5. The lowest BCUT2D eigenvalue weighted by atomic mass is 10.2. The van der Waals surface area contributed by atoms with Crippen molar-refractivity contribution in [2.24, 2.45) is 0 Å². The van der Waals surface area contributed by atoms with E-state index in [1.165, 1.54) is 28.4 Å². The number of nitrogens with zero attached hydrogens (tertiary/aromatic N) is 2. The molecule has 0 aliphatic carbocycles. The summed E-state index contributed by atoms with van der Waals surface area (Å²) < 4.78 is 29.7. The molecule has 2 aromatic carbocycles. The van der Waals surface area contributed by atoms with Crippen molar-refractivity contribution in [2.45, 2.75) is 4.90 Å². The summed E-state index contributed by atoms with van der Waals surface area (Å²) in [6, 6.07) is 13.7. The van der Waals surface area contributed by atoms with Crippen LogP contribution in [0.2, 0.25) is 0 Å². The number of aromatic nitrogens is 1. The van der Waals surface area contributed by atoms with Crippen molar-refractivity contribution in [1.82, 2.24) is 4.98 Å². The minimum absolute atomic E-state index is 0.111. The zero-order chi connectivity index (χ0) is 18.7. The predicted molar refractivity (Wildman–Crippen MR) is 103 cm³/mol. The van der Waals surface area contributed by atoms with Gasteiger partial charge in [-0.1, -0.05) is 29.5 Å². The largest absolute Gasteiger partial charge is 0.383 e. The lowest BCUT2D eigenvalue weighted by Gasteiger charge is -2.19. The second-order valence-electron chi connectivity index (χ2n) is 5.71. The summed E-state index contributed by atoms with van der Waals surface area (Å²) in [5, 5.41) is 0.554. The maximum Gasteiger partial charge on any atom is 0.260 e. The molecule has 0 saturated carbocycles. The van der Waals surface area contributed by atoms with Crippen molar-refractivity contribution < 1.29 is 17.9 Å². The van der Waals surface area contributed by atoms with E-state index >= 15 is 0 Å². The highest BCUT2D eigenvalue weighted by Crippen LogP contribution is 2.29. The molecule has 0 fully saturated rings. The summed E-state index contributed by atoms with van der Waals surface area (Å²) >= 11 is 1.41. The number of anilines is 1. The van der Waals surface area contributed by atoms with Crippen LogP contribution < -0.4 is 4.90 Å². The molecule has 3 aromatic rings. The van der Waals surface area contributed by atoms with Crippen molar-refractivity contribution in [2.75, 3.05) is 31.4 Å². The molecule has 26 heavy (non-hydrogen) atoms. The van der Waals surface area contributed by atoms with Gasteiger partial charge in [0.05, 0.1) is 28.3 Å². The van der Waals surface area contributed by atoms with Crippen LogP contribution >= 0.6 is 11.3 Å². The van der Waals surface area contributed by atoms with Gasteiger partial charge in [0.1, 0.15) is 0 Å². The van der Waals surface area contributed by atoms with Crippen molar-refractivity contribution in [1.29, 1.82) is 0 Å². The van der Waals surface area contributed by atoms with Crippen LogP contribution in [0, 0.1) is 0 Å². The molecule has 0 radical (unpaired) electrons. The molecule has 1 amide bonds. The number of hydrogen-bond acceptors (Lipinski definition) is 6. The van der Waals surface area contributed by atoms with Gasteiger partial charge < -0.3 is 4.74 Å². The summed E-state index contributed by atoms with van der Waals surface area (Å²) in [5.74, 6) is -0.313. The quantitative estimate of drug-likeness (QED) is 0.647. The zero-order valence-electron chi connectivity index (χ0n) is 14.4. The molecule has 1 aromatic heterocycles. The highest BCUT2D eigenvalue weighted by Gasteiger charge is 2.22. The average Bonchev–Trinajstić information content (AvgIpc) is 3.05. The number of sulfone groups is 1. The lowest BCUT2D eigenvalue weighted by Crippen LogP contribution is -2.34. The number of hydrogen-bond donors (Lipinski definition) is 0. The Bertz CT molecular complexity index is 1010. The molecule has 0 atom stereocenters. The number of methoxy groups -OCH3 is 1. The first-order chi connectivity index (χ1) is 12.4. The van der Waals surface area contributed by atoms with Crippen LogP contribution in [0.1, 0.15) is 10.4 Å². The summed E-state index contributed by atoms with van der Waals surface area (Å²) in [7, 11) is -1.83.